The van der Waals surface area contributed by atoms with Gasteiger partial charge in [0.2, 0.25) is 0 Å². The van der Waals surface area contributed by atoms with Crippen LogP contribution in [0.4, 0.5) is 4.79 Å². The summed E-state index contributed by atoms with van der Waals surface area (Å²) in [5, 5.41) is 18.9. The van der Waals surface area contributed by atoms with Crippen LogP contribution in [0, 0.1) is 0 Å². The van der Waals surface area contributed by atoms with Gasteiger partial charge in [0.25, 0.3) is 0 Å². The van der Waals surface area contributed by atoms with E-state index in [1.165, 1.54) is 6.92 Å². The van der Waals surface area contributed by atoms with Crippen LogP contribution < -0.4 is 5.73 Å². The number of primary amides is 1. The van der Waals surface area contributed by atoms with Gasteiger partial charge in [-0.1, -0.05) is 0 Å². The van der Waals surface area contributed by atoms with Gasteiger partial charge in [-0.25, -0.2) is 4.79 Å². The Morgan fingerprint density at radius 1 is 1.29 bits per heavy atom. The van der Waals surface area contributed by atoms with Gasteiger partial charge in [-0.15, -0.1) is 0 Å². The molecule has 1 aliphatic rings. The topological polar surface area (TPSA) is 102 Å². The molecule has 0 aromatic carbocycles. The van der Waals surface area contributed by atoms with Crippen LogP contribution in [0.3, 0.4) is 0 Å². The van der Waals surface area contributed by atoms with Crippen molar-refractivity contribution in [2.24, 2.45) is 5.73 Å². The fraction of sp³-hybridized carbons (Fsp3) is 0.909. The maximum absolute atomic E-state index is 10.7. The monoisotopic (exact) mass is 247 g/mol. The van der Waals surface area contributed by atoms with Gasteiger partial charge in [0.15, 0.2) is 6.29 Å². The first-order valence-corrected chi connectivity index (χ1v) is 5.95. The Kier molecular flexibility index (Phi) is 5.67. The minimum atomic E-state index is -0.859. The highest BCUT2D eigenvalue weighted by Crippen LogP contribution is 2.23. The van der Waals surface area contributed by atoms with Gasteiger partial charge in [0.1, 0.15) is 6.10 Å². The van der Waals surface area contributed by atoms with Crippen molar-refractivity contribution in [2.45, 2.75) is 63.6 Å². The highest BCUT2D eigenvalue weighted by molar-refractivity contribution is 5.64. The number of rotatable bonds is 3. The van der Waals surface area contributed by atoms with Crippen LogP contribution in [-0.4, -0.2) is 40.9 Å². The molecular weight excluding hydrogens is 226 g/mol. The summed E-state index contributed by atoms with van der Waals surface area (Å²) in [6, 6.07) is 0. The lowest BCUT2D eigenvalue weighted by atomic mass is 9.94. The SMILES string of the molecule is CC(O)OC1CCC(OC(N)=O)CCC(O)C1. The Balaban J connectivity index is 2.48. The molecule has 0 heterocycles. The molecule has 4 unspecified atom stereocenters. The van der Waals surface area contributed by atoms with Crippen molar-refractivity contribution >= 4 is 6.09 Å². The van der Waals surface area contributed by atoms with Crippen LogP contribution in [-0.2, 0) is 9.47 Å². The van der Waals surface area contributed by atoms with Crippen molar-refractivity contribution in [1.82, 2.24) is 0 Å². The molecule has 1 amide bonds. The van der Waals surface area contributed by atoms with Crippen LogP contribution in [0.2, 0.25) is 0 Å². The molecule has 1 aliphatic carbocycles. The van der Waals surface area contributed by atoms with E-state index in [0.717, 1.165) is 0 Å². The summed E-state index contributed by atoms with van der Waals surface area (Å²) in [6.45, 7) is 1.53. The Morgan fingerprint density at radius 2 is 1.88 bits per heavy atom. The van der Waals surface area contributed by atoms with E-state index in [1.54, 1.807) is 0 Å². The number of hydrogen-bond donors (Lipinski definition) is 3. The van der Waals surface area contributed by atoms with Gasteiger partial charge < -0.3 is 25.4 Å². The van der Waals surface area contributed by atoms with Gasteiger partial charge in [0, 0.05) is 0 Å². The molecule has 17 heavy (non-hydrogen) atoms. The first kappa shape index (κ1) is 14.2. The highest BCUT2D eigenvalue weighted by Gasteiger charge is 2.24. The predicted octanol–water partition coefficient (Wildman–Crippen LogP) is 0.499. The van der Waals surface area contributed by atoms with Crippen molar-refractivity contribution in [1.29, 1.82) is 0 Å². The van der Waals surface area contributed by atoms with Crippen molar-refractivity contribution in [2.75, 3.05) is 0 Å². The number of ether oxygens (including phenoxy) is 2. The standard InChI is InChI=1S/C11H21NO5/c1-7(13)16-10-5-4-9(17-11(12)15)3-2-8(14)6-10/h7-10,13-14H,2-6H2,1H3,(H2,12,15). The van der Waals surface area contributed by atoms with Gasteiger partial charge >= 0.3 is 6.09 Å². The molecule has 0 saturated heterocycles. The second-order valence-electron chi connectivity index (χ2n) is 4.46. The highest BCUT2D eigenvalue weighted by atomic mass is 16.6. The van der Waals surface area contributed by atoms with E-state index in [0.29, 0.717) is 32.1 Å². The molecule has 0 spiro atoms. The van der Waals surface area contributed by atoms with E-state index in [1.807, 2.05) is 0 Å². The number of nitrogens with two attached hydrogens (primary N) is 1. The molecule has 6 heteroatoms. The fourth-order valence-electron chi connectivity index (χ4n) is 2.12. The molecule has 100 valence electrons. The van der Waals surface area contributed by atoms with Crippen LogP contribution in [0.1, 0.15) is 39.0 Å². The summed E-state index contributed by atoms with van der Waals surface area (Å²) in [6.07, 6.45) is 0.245. The molecule has 0 aromatic rings. The molecule has 4 atom stereocenters. The Labute approximate surface area is 101 Å². The second-order valence-corrected chi connectivity index (χ2v) is 4.46. The third-order valence-corrected chi connectivity index (χ3v) is 2.84. The number of aliphatic hydroxyl groups excluding tert-OH is 2. The fourth-order valence-corrected chi connectivity index (χ4v) is 2.12. The van der Waals surface area contributed by atoms with Crippen LogP contribution in [0.5, 0.6) is 0 Å². The first-order chi connectivity index (χ1) is 7.97. The van der Waals surface area contributed by atoms with Crippen molar-refractivity contribution in [3.05, 3.63) is 0 Å². The predicted molar refractivity (Wildman–Crippen MR) is 60.1 cm³/mol. The van der Waals surface area contributed by atoms with E-state index >= 15 is 0 Å². The summed E-state index contributed by atoms with van der Waals surface area (Å²) in [5.41, 5.74) is 4.97. The smallest absolute Gasteiger partial charge is 0.404 e. The Hall–Kier alpha value is -0.850. The number of amides is 1. The van der Waals surface area contributed by atoms with Crippen molar-refractivity contribution in [3.63, 3.8) is 0 Å². The minimum Gasteiger partial charge on any atom is -0.446 e. The van der Waals surface area contributed by atoms with Crippen molar-refractivity contribution in [3.8, 4) is 0 Å². The average Bonchev–Trinajstić information content (AvgIpc) is 2.18. The van der Waals surface area contributed by atoms with Gasteiger partial charge in [0.05, 0.1) is 12.2 Å². The number of carbonyl (C=O) groups is 1. The Bertz CT molecular complexity index is 246. The second kappa shape index (κ2) is 6.78. The molecule has 0 aromatic heterocycles. The van der Waals surface area contributed by atoms with E-state index in [-0.39, 0.29) is 12.2 Å². The molecule has 1 rings (SSSR count). The lowest BCUT2D eigenvalue weighted by molar-refractivity contribution is -0.139. The molecule has 0 aliphatic heterocycles. The van der Waals surface area contributed by atoms with Gasteiger partial charge in [-0.05, 0) is 39.0 Å². The maximum atomic E-state index is 10.7. The number of aliphatic hydroxyl groups is 2. The van der Waals surface area contributed by atoms with E-state index in [9.17, 15) is 9.90 Å². The average molecular weight is 247 g/mol. The van der Waals surface area contributed by atoms with Crippen LogP contribution >= 0.6 is 0 Å². The zero-order valence-corrected chi connectivity index (χ0v) is 10.0. The zero-order chi connectivity index (χ0) is 12.8. The third-order valence-electron chi connectivity index (χ3n) is 2.84. The quantitative estimate of drug-likeness (QED) is 0.630. The van der Waals surface area contributed by atoms with Gasteiger partial charge in [-0.3, -0.25) is 0 Å². The van der Waals surface area contributed by atoms with E-state index in [4.69, 9.17) is 20.3 Å². The molecule has 4 N–H and O–H groups in total. The molecular formula is C11H21NO5. The summed E-state index contributed by atoms with van der Waals surface area (Å²) in [5.74, 6) is 0. The molecule has 6 nitrogen and oxygen atoms in total. The largest absolute Gasteiger partial charge is 0.446 e. The Morgan fingerprint density at radius 3 is 2.47 bits per heavy atom. The van der Waals surface area contributed by atoms with E-state index < -0.39 is 18.5 Å². The zero-order valence-electron chi connectivity index (χ0n) is 10.0. The first-order valence-electron chi connectivity index (χ1n) is 5.95. The van der Waals surface area contributed by atoms with E-state index in [2.05, 4.69) is 0 Å². The summed E-state index contributed by atoms with van der Waals surface area (Å²) in [7, 11) is 0. The summed E-state index contributed by atoms with van der Waals surface area (Å²) < 4.78 is 10.2. The minimum absolute atomic E-state index is 0.218. The van der Waals surface area contributed by atoms with Crippen molar-refractivity contribution < 1.29 is 24.5 Å². The maximum Gasteiger partial charge on any atom is 0.404 e. The molecule has 0 bridgehead atoms. The summed E-state index contributed by atoms with van der Waals surface area (Å²) >= 11 is 0. The number of carbonyl (C=O) groups excluding carboxylic acids is 1. The normalized spacial score (nSPS) is 32.3. The van der Waals surface area contributed by atoms with Gasteiger partial charge in [-0.2, -0.15) is 0 Å². The van der Waals surface area contributed by atoms with Crippen LogP contribution in [0.25, 0.3) is 0 Å². The summed E-state index contributed by atoms with van der Waals surface area (Å²) in [4.78, 5) is 10.7. The molecule has 1 fully saturated rings. The number of hydrogen-bond acceptors (Lipinski definition) is 5. The lowest BCUT2D eigenvalue weighted by Crippen LogP contribution is -2.32. The van der Waals surface area contributed by atoms with Crippen LogP contribution in [0.15, 0.2) is 0 Å². The lowest BCUT2D eigenvalue weighted by Gasteiger charge is -2.28. The third kappa shape index (κ3) is 5.86. The molecule has 0 radical (unpaired) electrons. The molecule has 1 saturated carbocycles.